The Labute approximate surface area is 155 Å². The summed E-state index contributed by atoms with van der Waals surface area (Å²) in [5, 5.41) is 6.14. The van der Waals surface area contributed by atoms with Crippen molar-refractivity contribution in [2.75, 3.05) is 19.6 Å². The molecule has 0 bridgehead atoms. The molecule has 1 amide bonds. The van der Waals surface area contributed by atoms with Crippen molar-refractivity contribution in [2.24, 2.45) is 0 Å². The molecule has 0 aliphatic carbocycles. The van der Waals surface area contributed by atoms with Gasteiger partial charge in [-0.1, -0.05) is 18.6 Å². The first kappa shape index (κ1) is 20.2. The molecule has 2 fully saturated rings. The first-order valence-corrected chi connectivity index (χ1v) is 10.1. The number of rotatable bonds is 5. The number of nitrogens with one attached hydrogen (secondary N) is 2. The molecule has 1 aromatic carbocycles. The standard InChI is InChI=1S/C17H25N3O3S.ClH/c21-17(16-5-1-2-10-18-16)19-13-14-6-8-15(9-7-14)24(22,23)20-11-3-4-12-20;/h6-9,16,18H,1-5,10-13H2,(H,19,21);1H. The highest BCUT2D eigenvalue weighted by molar-refractivity contribution is 7.89. The van der Waals surface area contributed by atoms with Crippen molar-refractivity contribution < 1.29 is 13.2 Å². The van der Waals surface area contributed by atoms with E-state index >= 15 is 0 Å². The minimum absolute atomic E-state index is 0. The van der Waals surface area contributed by atoms with Gasteiger partial charge in [0.25, 0.3) is 0 Å². The predicted molar refractivity (Wildman–Crippen MR) is 99.2 cm³/mol. The summed E-state index contributed by atoms with van der Waals surface area (Å²) < 4.78 is 26.5. The van der Waals surface area contributed by atoms with Crippen LogP contribution in [0.15, 0.2) is 29.2 Å². The van der Waals surface area contributed by atoms with E-state index in [9.17, 15) is 13.2 Å². The van der Waals surface area contributed by atoms with Crippen LogP contribution < -0.4 is 10.6 Å². The Morgan fingerprint density at radius 3 is 2.40 bits per heavy atom. The van der Waals surface area contributed by atoms with Crippen molar-refractivity contribution in [1.82, 2.24) is 14.9 Å². The maximum atomic E-state index is 12.5. The fraction of sp³-hybridized carbons (Fsp3) is 0.588. The Hall–Kier alpha value is -1.15. The van der Waals surface area contributed by atoms with Gasteiger partial charge in [0.1, 0.15) is 0 Å². The zero-order valence-electron chi connectivity index (χ0n) is 14.2. The van der Waals surface area contributed by atoms with Crippen molar-refractivity contribution >= 4 is 28.3 Å². The molecule has 1 aromatic rings. The van der Waals surface area contributed by atoms with Crippen molar-refractivity contribution in [3.05, 3.63) is 29.8 Å². The molecule has 0 radical (unpaired) electrons. The van der Waals surface area contributed by atoms with Gasteiger partial charge in [-0.2, -0.15) is 4.31 Å². The molecule has 2 heterocycles. The number of carbonyl (C=O) groups is 1. The van der Waals surface area contributed by atoms with Crippen LogP contribution in [-0.4, -0.2) is 44.3 Å². The second-order valence-electron chi connectivity index (χ2n) is 6.48. The summed E-state index contributed by atoms with van der Waals surface area (Å²) in [4.78, 5) is 12.4. The fourth-order valence-electron chi connectivity index (χ4n) is 3.24. The molecule has 0 aromatic heterocycles. The van der Waals surface area contributed by atoms with Gasteiger partial charge in [-0.3, -0.25) is 4.79 Å². The molecule has 140 valence electrons. The number of hydrogen-bond donors (Lipinski definition) is 2. The van der Waals surface area contributed by atoms with Gasteiger partial charge in [0.2, 0.25) is 15.9 Å². The Balaban J connectivity index is 0.00000225. The van der Waals surface area contributed by atoms with Gasteiger partial charge in [-0.15, -0.1) is 12.4 Å². The Kier molecular flexibility index (Phi) is 7.25. The van der Waals surface area contributed by atoms with Crippen LogP contribution >= 0.6 is 12.4 Å². The highest BCUT2D eigenvalue weighted by atomic mass is 35.5. The summed E-state index contributed by atoms with van der Waals surface area (Å²) in [5.74, 6) is 0.0171. The van der Waals surface area contributed by atoms with Crippen LogP contribution in [0, 0.1) is 0 Å². The molecule has 0 saturated carbocycles. The molecule has 2 saturated heterocycles. The first-order chi connectivity index (χ1) is 11.6. The quantitative estimate of drug-likeness (QED) is 0.805. The minimum Gasteiger partial charge on any atom is -0.351 e. The molecular formula is C17H26ClN3O3S. The summed E-state index contributed by atoms with van der Waals surface area (Å²) >= 11 is 0. The number of piperidine rings is 1. The van der Waals surface area contributed by atoms with E-state index in [0.29, 0.717) is 24.5 Å². The zero-order chi connectivity index (χ0) is 17.0. The second-order valence-corrected chi connectivity index (χ2v) is 8.41. The maximum Gasteiger partial charge on any atom is 0.243 e. The van der Waals surface area contributed by atoms with E-state index in [1.54, 1.807) is 28.6 Å². The van der Waals surface area contributed by atoms with Crippen LogP contribution in [-0.2, 0) is 21.4 Å². The van der Waals surface area contributed by atoms with Gasteiger partial charge < -0.3 is 10.6 Å². The number of sulfonamides is 1. The molecule has 2 aliphatic heterocycles. The highest BCUT2D eigenvalue weighted by Gasteiger charge is 2.27. The normalized spacial score (nSPS) is 21.5. The first-order valence-electron chi connectivity index (χ1n) is 8.67. The van der Waals surface area contributed by atoms with Crippen molar-refractivity contribution in [1.29, 1.82) is 0 Å². The summed E-state index contributed by atoms with van der Waals surface area (Å²) in [6.45, 7) is 2.52. The van der Waals surface area contributed by atoms with Gasteiger partial charge in [-0.25, -0.2) is 8.42 Å². The molecule has 1 unspecified atom stereocenters. The second kappa shape index (κ2) is 8.98. The molecule has 6 nitrogen and oxygen atoms in total. The smallest absolute Gasteiger partial charge is 0.243 e. The third kappa shape index (κ3) is 4.94. The summed E-state index contributed by atoms with van der Waals surface area (Å²) in [6.07, 6.45) is 4.93. The molecule has 0 spiro atoms. The minimum atomic E-state index is -3.37. The van der Waals surface area contributed by atoms with E-state index in [2.05, 4.69) is 10.6 Å². The van der Waals surface area contributed by atoms with Crippen LogP contribution in [0.5, 0.6) is 0 Å². The zero-order valence-corrected chi connectivity index (χ0v) is 15.9. The highest BCUT2D eigenvalue weighted by Crippen LogP contribution is 2.21. The Bertz CT molecular complexity index is 667. The monoisotopic (exact) mass is 387 g/mol. The van der Waals surface area contributed by atoms with E-state index in [-0.39, 0.29) is 24.4 Å². The van der Waals surface area contributed by atoms with Crippen molar-refractivity contribution in [3.63, 3.8) is 0 Å². The number of nitrogens with zero attached hydrogens (tertiary/aromatic N) is 1. The average Bonchev–Trinajstić information content (AvgIpc) is 3.16. The topological polar surface area (TPSA) is 78.5 Å². The van der Waals surface area contributed by atoms with Gasteiger partial charge in [0.05, 0.1) is 10.9 Å². The summed E-state index contributed by atoms with van der Waals surface area (Å²) in [6, 6.07) is 6.71. The summed E-state index contributed by atoms with van der Waals surface area (Å²) in [5.41, 5.74) is 0.902. The lowest BCUT2D eigenvalue weighted by Gasteiger charge is -2.22. The molecule has 8 heteroatoms. The summed E-state index contributed by atoms with van der Waals surface area (Å²) in [7, 11) is -3.37. The lowest BCUT2D eigenvalue weighted by atomic mass is 10.0. The number of halogens is 1. The van der Waals surface area contributed by atoms with E-state index in [4.69, 9.17) is 0 Å². The molecule has 1 atom stereocenters. The van der Waals surface area contributed by atoms with Gasteiger partial charge in [0, 0.05) is 19.6 Å². The Morgan fingerprint density at radius 2 is 1.80 bits per heavy atom. The third-order valence-corrected chi connectivity index (χ3v) is 6.63. The fourth-order valence-corrected chi connectivity index (χ4v) is 4.76. The molecular weight excluding hydrogens is 362 g/mol. The maximum absolute atomic E-state index is 12.5. The van der Waals surface area contributed by atoms with Gasteiger partial charge >= 0.3 is 0 Å². The molecule has 2 N–H and O–H groups in total. The molecule has 3 rings (SSSR count). The Morgan fingerprint density at radius 1 is 1.12 bits per heavy atom. The average molecular weight is 388 g/mol. The number of carbonyl (C=O) groups excluding carboxylic acids is 1. The van der Waals surface area contributed by atoms with Crippen LogP contribution in [0.3, 0.4) is 0 Å². The molecule has 2 aliphatic rings. The van der Waals surface area contributed by atoms with Crippen molar-refractivity contribution in [3.8, 4) is 0 Å². The lowest BCUT2D eigenvalue weighted by Crippen LogP contribution is -2.46. The SMILES string of the molecule is Cl.O=C(NCc1ccc(S(=O)(=O)N2CCCC2)cc1)C1CCCCN1. The van der Waals surface area contributed by atoms with Crippen molar-refractivity contribution in [2.45, 2.75) is 49.6 Å². The largest absolute Gasteiger partial charge is 0.351 e. The van der Waals surface area contributed by atoms with E-state index in [1.165, 1.54) is 0 Å². The van der Waals surface area contributed by atoms with Gasteiger partial charge in [0.15, 0.2) is 0 Å². The van der Waals surface area contributed by atoms with Crippen LogP contribution in [0.4, 0.5) is 0 Å². The third-order valence-electron chi connectivity index (χ3n) is 4.72. The predicted octanol–water partition coefficient (Wildman–Crippen LogP) is 1.65. The van der Waals surface area contributed by atoms with E-state index in [1.807, 2.05) is 0 Å². The van der Waals surface area contributed by atoms with Crippen LogP contribution in [0.1, 0.15) is 37.7 Å². The molecule has 25 heavy (non-hydrogen) atoms. The van der Waals surface area contributed by atoms with Crippen LogP contribution in [0.25, 0.3) is 0 Å². The van der Waals surface area contributed by atoms with Crippen LogP contribution in [0.2, 0.25) is 0 Å². The lowest BCUT2D eigenvalue weighted by molar-refractivity contribution is -0.123. The van der Waals surface area contributed by atoms with E-state index < -0.39 is 10.0 Å². The number of hydrogen-bond acceptors (Lipinski definition) is 4. The number of amides is 1. The van der Waals surface area contributed by atoms with E-state index in [0.717, 1.165) is 44.2 Å². The van der Waals surface area contributed by atoms with Gasteiger partial charge in [-0.05, 0) is 49.9 Å². The number of benzene rings is 1.